The van der Waals surface area contributed by atoms with Crippen LogP contribution in [0.5, 0.6) is 0 Å². The number of nitrogens with zero attached hydrogens (tertiary/aromatic N) is 2. The lowest BCUT2D eigenvalue weighted by molar-refractivity contribution is -0.385. The number of benzene rings is 2. The molecule has 0 spiro atoms. The molecule has 0 aliphatic heterocycles. The molecule has 0 N–H and O–H groups in total. The number of thiazole rings is 1. The first-order valence-corrected chi connectivity index (χ1v) is 8.86. The van der Waals surface area contributed by atoms with Crippen LogP contribution >= 0.6 is 22.9 Å². The van der Waals surface area contributed by atoms with Gasteiger partial charge in [0.2, 0.25) is 0 Å². The average molecular weight is 389 g/mol. The van der Waals surface area contributed by atoms with Crippen LogP contribution in [-0.4, -0.2) is 15.9 Å². The molecule has 0 amide bonds. The molecule has 1 heterocycles. The Morgan fingerprint density at radius 2 is 2.04 bits per heavy atom. The van der Waals surface area contributed by atoms with Crippen molar-refractivity contribution in [1.82, 2.24) is 4.98 Å². The van der Waals surface area contributed by atoms with Crippen molar-refractivity contribution in [3.05, 3.63) is 80.3 Å². The Hall–Kier alpha value is -2.77. The van der Waals surface area contributed by atoms with Crippen LogP contribution in [0.15, 0.2) is 53.9 Å². The van der Waals surface area contributed by atoms with Crippen LogP contribution in [0.1, 0.15) is 29.1 Å². The maximum atomic E-state index is 12.3. The molecule has 3 aromatic rings. The highest BCUT2D eigenvalue weighted by molar-refractivity contribution is 7.13. The second-order valence-corrected chi connectivity index (χ2v) is 6.74. The van der Waals surface area contributed by atoms with Gasteiger partial charge in [0.05, 0.1) is 4.92 Å². The Morgan fingerprint density at radius 1 is 1.27 bits per heavy atom. The minimum absolute atomic E-state index is 0.0534. The molecule has 0 bridgehead atoms. The van der Waals surface area contributed by atoms with E-state index in [4.69, 9.17) is 16.3 Å². The van der Waals surface area contributed by atoms with Gasteiger partial charge >= 0.3 is 5.97 Å². The van der Waals surface area contributed by atoms with Gasteiger partial charge in [-0.3, -0.25) is 10.1 Å². The van der Waals surface area contributed by atoms with Crippen LogP contribution in [0, 0.1) is 10.1 Å². The zero-order valence-corrected chi connectivity index (χ0v) is 15.2. The standard InChI is InChI=1S/C18H13ClN2O4S/c1-11(12-4-3-7-15(9-12)21(23)24)25-18(22)16-10-26-17(20-16)13-5-2-6-14(19)8-13/h2-11H,1H3/t11-/m1/s1. The van der Waals surface area contributed by atoms with Crippen LogP contribution in [0.25, 0.3) is 10.6 Å². The number of ether oxygens (including phenoxy) is 1. The highest BCUT2D eigenvalue weighted by Crippen LogP contribution is 2.27. The van der Waals surface area contributed by atoms with E-state index in [2.05, 4.69) is 4.98 Å². The lowest BCUT2D eigenvalue weighted by Gasteiger charge is -2.12. The first kappa shape index (κ1) is 18.0. The number of carbonyl (C=O) groups excluding carboxylic acids is 1. The van der Waals surface area contributed by atoms with Crippen molar-refractivity contribution in [2.24, 2.45) is 0 Å². The summed E-state index contributed by atoms with van der Waals surface area (Å²) in [6.45, 7) is 1.65. The number of aromatic nitrogens is 1. The number of rotatable bonds is 5. The monoisotopic (exact) mass is 388 g/mol. The maximum Gasteiger partial charge on any atom is 0.358 e. The number of hydrogen-bond donors (Lipinski definition) is 0. The summed E-state index contributed by atoms with van der Waals surface area (Å²) < 4.78 is 5.39. The summed E-state index contributed by atoms with van der Waals surface area (Å²) >= 11 is 7.28. The van der Waals surface area contributed by atoms with E-state index in [9.17, 15) is 14.9 Å². The van der Waals surface area contributed by atoms with Crippen molar-refractivity contribution in [1.29, 1.82) is 0 Å². The SMILES string of the molecule is C[C@@H](OC(=O)c1csc(-c2cccc(Cl)c2)n1)c1cccc([N+](=O)[O-])c1. The van der Waals surface area contributed by atoms with E-state index in [1.807, 2.05) is 6.07 Å². The molecule has 1 aromatic heterocycles. The second-order valence-electron chi connectivity index (χ2n) is 5.45. The van der Waals surface area contributed by atoms with Crippen molar-refractivity contribution in [3.63, 3.8) is 0 Å². The van der Waals surface area contributed by atoms with Gasteiger partial charge in [-0.1, -0.05) is 35.9 Å². The second kappa shape index (κ2) is 7.63. The van der Waals surface area contributed by atoms with E-state index < -0.39 is 17.0 Å². The molecule has 0 unspecified atom stereocenters. The number of esters is 1. The predicted molar refractivity (Wildman–Crippen MR) is 99.5 cm³/mol. The summed E-state index contributed by atoms with van der Waals surface area (Å²) in [6, 6.07) is 13.2. The zero-order chi connectivity index (χ0) is 18.7. The van der Waals surface area contributed by atoms with Crippen molar-refractivity contribution < 1.29 is 14.5 Å². The van der Waals surface area contributed by atoms with Crippen LogP contribution in [0.2, 0.25) is 5.02 Å². The zero-order valence-electron chi connectivity index (χ0n) is 13.6. The minimum atomic E-state index is -0.640. The van der Waals surface area contributed by atoms with Gasteiger partial charge in [0.25, 0.3) is 5.69 Å². The fourth-order valence-corrected chi connectivity index (χ4v) is 3.28. The summed E-state index contributed by atoms with van der Waals surface area (Å²) in [5.74, 6) is -0.589. The number of carbonyl (C=O) groups is 1. The maximum absolute atomic E-state index is 12.3. The van der Waals surface area contributed by atoms with E-state index in [0.717, 1.165) is 5.56 Å². The Kier molecular flexibility index (Phi) is 5.29. The van der Waals surface area contributed by atoms with Gasteiger partial charge in [0.15, 0.2) is 5.69 Å². The molecule has 1 atom stereocenters. The summed E-state index contributed by atoms with van der Waals surface area (Å²) in [5, 5.41) is 13.7. The topological polar surface area (TPSA) is 82.3 Å². The number of nitro groups is 1. The average Bonchev–Trinajstić information content (AvgIpc) is 3.12. The van der Waals surface area contributed by atoms with Crippen molar-refractivity contribution in [2.45, 2.75) is 13.0 Å². The highest BCUT2D eigenvalue weighted by atomic mass is 35.5. The first-order chi connectivity index (χ1) is 12.4. The van der Waals surface area contributed by atoms with Crippen LogP contribution in [0.4, 0.5) is 5.69 Å². The van der Waals surface area contributed by atoms with Gasteiger partial charge in [-0.05, 0) is 24.6 Å². The third-order valence-corrected chi connectivity index (χ3v) is 4.75. The molecule has 0 saturated heterocycles. The summed E-state index contributed by atoms with van der Waals surface area (Å²) in [7, 11) is 0. The molecule has 0 saturated carbocycles. The van der Waals surface area contributed by atoms with Crippen molar-refractivity contribution in [3.8, 4) is 10.6 Å². The summed E-state index contributed by atoms with van der Waals surface area (Å²) in [5.41, 5.74) is 1.48. The van der Waals surface area contributed by atoms with Gasteiger partial charge < -0.3 is 4.74 Å². The highest BCUT2D eigenvalue weighted by Gasteiger charge is 2.19. The lowest BCUT2D eigenvalue weighted by atomic mass is 10.1. The van der Waals surface area contributed by atoms with E-state index >= 15 is 0 Å². The molecule has 0 radical (unpaired) electrons. The van der Waals surface area contributed by atoms with E-state index in [1.54, 1.807) is 42.6 Å². The molecule has 2 aromatic carbocycles. The van der Waals surface area contributed by atoms with Gasteiger partial charge in [-0.25, -0.2) is 9.78 Å². The predicted octanol–water partition coefficient (Wildman–Crippen LogP) is 5.29. The van der Waals surface area contributed by atoms with Gasteiger partial charge in [-0.2, -0.15) is 0 Å². The van der Waals surface area contributed by atoms with Gasteiger partial charge in [0.1, 0.15) is 11.1 Å². The molecule has 0 fully saturated rings. The van der Waals surface area contributed by atoms with Gasteiger partial charge in [-0.15, -0.1) is 11.3 Å². The summed E-state index contributed by atoms with van der Waals surface area (Å²) in [6.07, 6.45) is -0.640. The fourth-order valence-electron chi connectivity index (χ4n) is 2.30. The molecule has 3 rings (SSSR count). The normalized spacial score (nSPS) is 11.8. The molecule has 0 aliphatic rings. The fraction of sp³-hybridized carbons (Fsp3) is 0.111. The molecule has 0 aliphatic carbocycles. The number of hydrogen-bond acceptors (Lipinski definition) is 6. The van der Waals surface area contributed by atoms with E-state index in [-0.39, 0.29) is 11.4 Å². The molecule has 26 heavy (non-hydrogen) atoms. The third-order valence-electron chi connectivity index (χ3n) is 3.62. The Balaban J connectivity index is 1.74. The lowest BCUT2D eigenvalue weighted by Crippen LogP contribution is -2.09. The van der Waals surface area contributed by atoms with Gasteiger partial charge in [0, 0.05) is 28.1 Å². The smallest absolute Gasteiger partial charge is 0.358 e. The number of nitro benzene ring substituents is 1. The largest absolute Gasteiger partial charge is 0.453 e. The minimum Gasteiger partial charge on any atom is -0.453 e. The van der Waals surface area contributed by atoms with Crippen molar-refractivity contribution in [2.75, 3.05) is 0 Å². The molecule has 8 heteroatoms. The Morgan fingerprint density at radius 3 is 2.77 bits per heavy atom. The number of non-ortho nitro benzene ring substituents is 1. The van der Waals surface area contributed by atoms with Crippen LogP contribution < -0.4 is 0 Å². The quantitative estimate of drug-likeness (QED) is 0.337. The molecular weight excluding hydrogens is 376 g/mol. The summed E-state index contributed by atoms with van der Waals surface area (Å²) in [4.78, 5) is 27.0. The number of halogens is 1. The molecule has 132 valence electrons. The van der Waals surface area contributed by atoms with Crippen LogP contribution in [0.3, 0.4) is 0 Å². The van der Waals surface area contributed by atoms with E-state index in [1.165, 1.54) is 23.5 Å². The Labute approximate surface area is 158 Å². The molecule has 6 nitrogen and oxygen atoms in total. The first-order valence-electron chi connectivity index (χ1n) is 7.61. The Bertz CT molecular complexity index is 973. The third kappa shape index (κ3) is 4.07. The van der Waals surface area contributed by atoms with E-state index in [0.29, 0.717) is 15.6 Å². The van der Waals surface area contributed by atoms with Crippen LogP contribution in [-0.2, 0) is 4.74 Å². The molecular formula is C18H13ClN2O4S. The van der Waals surface area contributed by atoms with Crippen molar-refractivity contribution >= 4 is 34.6 Å².